The Labute approximate surface area is 153 Å². The molecule has 0 bridgehead atoms. The molecule has 27 heavy (non-hydrogen) atoms. The Hall–Kier alpha value is -2.58. The smallest absolute Gasteiger partial charge is 0.351 e. The number of carboxylic acid groups (broad SMARTS) is 1. The van der Waals surface area contributed by atoms with Gasteiger partial charge in [-0.3, -0.25) is 24.8 Å². The number of hydrogen-bond donors (Lipinski definition) is 6. The Morgan fingerprint density at radius 1 is 1.48 bits per heavy atom. The van der Waals surface area contributed by atoms with E-state index in [1.165, 1.54) is 0 Å². The molecule has 5 atom stereocenters. The summed E-state index contributed by atoms with van der Waals surface area (Å²) in [4.78, 5) is 37.7. The molecule has 1 aliphatic heterocycles. The summed E-state index contributed by atoms with van der Waals surface area (Å²) in [6, 6.07) is -0.0970. The summed E-state index contributed by atoms with van der Waals surface area (Å²) in [5.41, 5.74) is 6.08. The van der Waals surface area contributed by atoms with Gasteiger partial charge in [-0.1, -0.05) is 0 Å². The van der Waals surface area contributed by atoms with Crippen molar-refractivity contribution in [2.45, 2.75) is 43.4 Å². The zero-order valence-corrected chi connectivity index (χ0v) is 13.9. The van der Waals surface area contributed by atoms with Gasteiger partial charge in [-0.2, -0.15) is 4.98 Å². The van der Waals surface area contributed by atoms with E-state index in [0.29, 0.717) is 4.57 Å². The summed E-state index contributed by atoms with van der Waals surface area (Å²) in [6.45, 7) is -0.600. The van der Waals surface area contributed by atoms with Gasteiger partial charge in [0.1, 0.15) is 31.0 Å². The number of aliphatic hydroxyl groups is 2. The highest BCUT2D eigenvalue weighted by molar-refractivity contribution is 5.76. The molecule has 7 N–H and O–H groups in total. The van der Waals surface area contributed by atoms with Crippen molar-refractivity contribution in [2.75, 3.05) is 12.1 Å². The van der Waals surface area contributed by atoms with Crippen LogP contribution in [0, 0.1) is 0 Å². The third kappa shape index (κ3) is 4.99. The second-order valence-electron chi connectivity index (χ2n) is 5.68. The van der Waals surface area contributed by atoms with Crippen molar-refractivity contribution in [3.8, 4) is 0 Å². The number of carbonyl (C=O) groups is 2. The minimum atomic E-state index is -2.47. The Bertz CT molecular complexity index is 790. The Morgan fingerprint density at radius 2 is 2.19 bits per heavy atom. The predicted molar refractivity (Wildman–Crippen MR) is 85.6 cm³/mol. The lowest BCUT2D eigenvalue weighted by Gasteiger charge is -2.17. The summed E-state index contributed by atoms with van der Waals surface area (Å²) in [5, 5.41) is 37.6. The van der Waals surface area contributed by atoms with Crippen LogP contribution in [0.3, 0.4) is 0 Å². The molecule has 1 saturated heterocycles. The minimum Gasteiger partial charge on any atom is -0.481 e. The molecule has 1 aliphatic rings. The lowest BCUT2D eigenvalue weighted by Crippen LogP contribution is -2.38. The van der Waals surface area contributed by atoms with Gasteiger partial charge in [0.2, 0.25) is 0 Å². The van der Waals surface area contributed by atoms with Gasteiger partial charge >= 0.3 is 17.6 Å². The summed E-state index contributed by atoms with van der Waals surface area (Å²) >= 11 is 0. The second kappa shape index (κ2) is 8.88. The predicted octanol–water partition coefficient (Wildman–Crippen LogP) is -2.60. The number of aliphatic hydroxyl groups excluding tert-OH is 2. The molecule has 0 unspecified atom stereocenters. The topological polar surface area (TPSA) is 206 Å². The van der Waals surface area contributed by atoms with E-state index in [0.717, 1.165) is 12.3 Å². The maximum Gasteiger partial charge on any atom is 0.351 e. The molecule has 0 aromatic carbocycles. The molecule has 1 aromatic heterocycles. The van der Waals surface area contributed by atoms with Gasteiger partial charge in [-0.25, -0.2) is 4.79 Å². The van der Waals surface area contributed by atoms with Crippen molar-refractivity contribution >= 4 is 17.8 Å². The third-order valence-electron chi connectivity index (χ3n) is 3.75. The quantitative estimate of drug-likeness (QED) is 0.200. The van der Waals surface area contributed by atoms with Crippen LogP contribution >= 0.6 is 0 Å². The first-order valence-corrected chi connectivity index (χ1v) is 7.78. The number of anilines is 1. The molecule has 13 nitrogen and oxygen atoms in total. The Morgan fingerprint density at radius 3 is 2.78 bits per heavy atom. The number of esters is 1. The standard InChI is InChI=1S/C14H20N4O9/c15-6(1-2-9(19)20)13(23)26-5-7-10(21)11(22)12(27-7)18-4-3-8(17-25)16-14(18)24/h3-4,6-7,10-12,21-22,25H,1-2,5,15H2,(H,19,20)(H,16,17,24)/t6-,7+,10+,11+,12+/m0/s1/i12D. The average Bonchev–Trinajstić information content (AvgIpc) is 2.88. The van der Waals surface area contributed by atoms with Crippen LogP contribution in [0.15, 0.2) is 17.1 Å². The van der Waals surface area contributed by atoms with E-state index in [-0.39, 0.29) is 18.7 Å². The molecular formula is C14H20N4O9. The van der Waals surface area contributed by atoms with Crippen LogP contribution in [-0.2, 0) is 19.1 Å². The van der Waals surface area contributed by atoms with Gasteiger partial charge in [0.05, 0.1) is 1.37 Å². The third-order valence-corrected chi connectivity index (χ3v) is 3.75. The largest absolute Gasteiger partial charge is 0.481 e. The molecule has 2 rings (SSSR count). The lowest BCUT2D eigenvalue weighted by molar-refractivity contribution is -0.152. The number of carbonyl (C=O) groups excluding carboxylic acids is 1. The van der Waals surface area contributed by atoms with E-state index in [1.54, 1.807) is 5.48 Å². The van der Waals surface area contributed by atoms with Crippen molar-refractivity contribution < 1.29 is 41.0 Å². The van der Waals surface area contributed by atoms with Crippen molar-refractivity contribution in [3.63, 3.8) is 0 Å². The maximum atomic E-state index is 12.0. The summed E-state index contributed by atoms with van der Waals surface area (Å²) in [6.07, 6.45) is -6.94. The maximum absolute atomic E-state index is 12.0. The highest BCUT2D eigenvalue weighted by Gasteiger charge is 2.44. The second-order valence-corrected chi connectivity index (χ2v) is 5.68. The number of nitrogens with zero attached hydrogens (tertiary/aromatic N) is 2. The van der Waals surface area contributed by atoms with Crippen LogP contribution in [0.1, 0.15) is 20.4 Å². The van der Waals surface area contributed by atoms with Crippen LogP contribution < -0.4 is 16.9 Å². The molecular weight excluding hydrogens is 368 g/mol. The number of ether oxygens (including phenoxy) is 2. The minimum absolute atomic E-state index is 0.167. The number of nitrogens with two attached hydrogens (primary N) is 1. The van der Waals surface area contributed by atoms with Crippen LogP contribution in [-0.4, -0.2) is 73.0 Å². The highest BCUT2D eigenvalue weighted by atomic mass is 16.6. The SMILES string of the molecule is [2H][C@@]1(n2ccc(NO)nc2=O)O[C@H](COC(=O)[C@@H](N)CCC(=O)O)[C@@H](O)[C@H]1O. The monoisotopic (exact) mass is 389 g/mol. The normalized spacial score (nSPS) is 29.0. The summed E-state index contributed by atoms with van der Waals surface area (Å²) in [5.74, 6) is -2.30. The Balaban J connectivity index is 2.06. The number of rotatable bonds is 8. The van der Waals surface area contributed by atoms with Crippen molar-refractivity contribution in [1.82, 2.24) is 9.55 Å². The van der Waals surface area contributed by atoms with Gasteiger partial charge in [-0.05, 0) is 12.5 Å². The fourth-order valence-electron chi connectivity index (χ4n) is 2.28. The molecule has 0 aliphatic carbocycles. The highest BCUT2D eigenvalue weighted by Crippen LogP contribution is 2.28. The first kappa shape index (κ1) is 19.2. The molecule has 2 heterocycles. The van der Waals surface area contributed by atoms with E-state index in [4.69, 9.17) is 26.9 Å². The summed E-state index contributed by atoms with van der Waals surface area (Å²) in [7, 11) is 0. The van der Waals surface area contributed by atoms with Crippen molar-refractivity contribution in [3.05, 3.63) is 22.7 Å². The van der Waals surface area contributed by atoms with Gasteiger partial charge in [-0.15, -0.1) is 0 Å². The van der Waals surface area contributed by atoms with Crippen LogP contribution in [0.25, 0.3) is 0 Å². The van der Waals surface area contributed by atoms with Gasteiger partial charge in [0, 0.05) is 12.6 Å². The molecule has 1 fully saturated rings. The van der Waals surface area contributed by atoms with E-state index in [9.17, 15) is 24.6 Å². The van der Waals surface area contributed by atoms with Gasteiger partial charge in [0.15, 0.2) is 12.0 Å². The van der Waals surface area contributed by atoms with E-state index >= 15 is 0 Å². The zero-order chi connectivity index (χ0) is 21.1. The Kier molecular flexibility index (Phi) is 6.31. The lowest BCUT2D eigenvalue weighted by atomic mass is 10.1. The van der Waals surface area contributed by atoms with Crippen molar-refractivity contribution in [1.29, 1.82) is 0 Å². The summed E-state index contributed by atoms with van der Waals surface area (Å²) < 4.78 is 18.9. The van der Waals surface area contributed by atoms with E-state index < -0.39 is 54.8 Å². The number of carboxylic acids is 1. The number of aliphatic carboxylic acids is 1. The van der Waals surface area contributed by atoms with Crippen LogP contribution in [0.5, 0.6) is 0 Å². The fourth-order valence-corrected chi connectivity index (χ4v) is 2.28. The molecule has 1 aromatic rings. The van der Waals surface area contributed by atoms with Gasteiger partial charge in [0.25, 0.3) is 0 Å². The van der Waals surface area contributed by atoms with Crippen LogP contribution in [0.4, 0.5) is 5.82 Å². The van der Waals surface area contributed by atoms with Crippen LogP contribution in [0.2, 0.25) is 0 Å². The molecule has 0 radical (unpaired) electrons. The molecule has 150 valence electrons. The molecule has 0 spiro atoms. The molecule has 13 heteroatoms. The van der Waals surface area contributed by atoms with E-state index in [2.05, 4.69) is 4.98 Å². The fraction of sp³-hybridized carbons (Fsp3) is 0.571. The first-order valence-electron chi connectivity index (χ1n) is 8.28. The number of nitrogens with one attached hydrogen (secondary N) is 1. The number of hydrogen-bond acceptors (Lipinski definition) is 11. The van der Waals surface area contributed by atoms with Gasteiger partial charge < -0.3 is 30.5 Å². The molecule has 0 amide bonds. The first-order chi connectivity index (χ1) is 13.1. The van der Waals surface area contributed by atoms with Crippen molar-refractivity contribution in [2.24, 2.45) is 5.73 Å². The zero-order valence-electron chi connectivity index (χ0n) is 14.9. The molecule has 0 saturated carbocycles. The average molecular weight is 389 g/mol. The number of aromatic nitrogens is 2. The van der Waals surface area contributed by atoms with E-state index in [1.807, 2.05) is 0 Å².